The van der Waals surface area contributed by atoms with Crippen LogP contribution in [0.1, 0.15) is 51.4 Å². The Morgan fingerprint density at radius 3 is 2.00 bits per heavy atom. The van der Waals surface area contributed by atoms with Crippen LogP contribution in [0, 0.1) is 5.92 Å². The minimum Gasteiger partial charge on any atom is -0.340 e. The summed E-state index contributed by atoms with van der Waals surface area (Å²) < 4.78 is 0. The average Bonchev–Trinajstić information content (AvgIpc) is 2.52. The van der Waals surface area contributed by atoms with Gasteiger partial charge in [0.25, 0.3) is 0 Å². The Bertz CT molecular complexity index is 226. The average molecular weight is 238 g/mol. The number of amides is 1. The minimum absolute atomic E-state index is 0.325. The van der Waals surface area contributed by atoms with Crippen molar-refractivity contribution in [3.63, 3.8) is 0 Å². The topological polar surface area (TPSA) is 32.3 Å². The van der Waals surface area contributed by atoms with E-state index >= 15 is 0 Å². The van der Waals surface area contributed by atoms with Crippen LogP contribution in [0.25, 0.3) is 0 Å². The maximum absolute atomic E-state index is 12.4. The Hall–Kier alpha value is -0.570. The van der Waals surface area contributed by atoms with Crippen molar-refractivity contribution in [1.82, 2.24) is 10.2 Å². The molecule has 98 valence electrons. The van der Waals surface area contributed by atoms with E-state index in [0.29, 0.717) is 11.8 Å². The van der Waals surface area contributed by atoms with E-state index in [4.69, 9.17) is 0 Å². The molecule has 2 aliphatic rings. The Morgan fingerprint density at radius 1 is 0.882 bits per heavy atom. The molecule has 0 aromatic rings. The van der Waals surface area contributed by atoms with Gasteiger partial charge in [-0.3, -0.25) is 4.79 Å². The van der Waals surface area contributed by atoms with Crippen molar-refractivity contribution >= 4 is 5.91 Å². The van der Waals surface area contributed by atoms with Gasteiger partial charge in [-0.25, -0.2) is 0 Å². The predicted octanol–water partition coefficient (Wildman–Crippen LogP) is 2.17. The van der Waals surface area contributed by atoms with Crippen molar-refractivity contribution in [2.45, 2.75) is 51.4 Å². The van der Waals surface area contributed by atoms with Gasteiger partial charge in [-0.1, -0.05) is 38.5 Å². The molecule has 17 heavy (non-hydrogen) atoms. The van der Waals surface area contributed by atoms with Crippen LogP contribution in [0.15, 0.2) is 0 Å². The molecule has 0 radical (unpaired) electrons. The van der Waals surface area contributed by atoms with Crippen molar-refractivity contribution in [2.75, 3.05) is 26.2 Å². The van der Waals surface area contributed by atoms with Crippen molar-refractivity contribution in [2.24, 2.45) is 5.92 Å². The van der Waals surface area contributed by atoms with Crippen molar-refractivity contribution in [3.05, 3.63) is 0 Å². The normalized spacial score (nSPS) is 24.8. The highest BCUT2D eigenvalue weighted by molar-refractivity contribution is 5.78. The maximum atomic E-state index is 12.4. The summed E-state index contributed by atoms with van der Waals surface area (Å²) in [6.45, 7) is 3.77. The largest absolute Gasteiger partial charge is 0.340 e. The Balaban J connectivity index is 1.85. The maximum Gasteiger partial charge on any atom is 0.225 e. The molecule has 0 aromatic carbocycles. The van der Waals surface area contributed by atoms with Crippen LogP contribution in [0.5, 0.6) is 0 Å². The molecule has 1 N–H and O–H groups in total. The van der Waals surface area contributed by atoms with Gasteiger partial charge in [0, 0.05) is 32.1 Å². The second kappa shape index (κ2) is 7.00. The zero-order valence-electron chi connectivity index (χ0n) is 10.9. The highest BCUT2D eigenvalue weighted by atomic mass is 16.2. The number of hydrogen-bond acceptors (Lipinski definition) is 2. The molecule has 3 nitrogen and oxygen atoms in total. The first kappa shape index (κ1) is 12.9. The number of rotatable bonds is 1. The van der Waals surface area contributed by atoms with E-state index < -0.39 is 0 Å². The van der Waals surface area contributed by atoms with Crippen LogP contribution < -0.4 is 5.32 Å². The molecule has 2 rings (SSSR count). The lowest BCUT2D eigenvalue weighted by Gasteiger charge is -2.31. The van der Waals surface area contributed by atoms with E-state index in [1.54, 1.807) is 0 Å². The first-order valence-corrected chi connectivity index (χ1v) is 7.37. The van der Waals surface area contributed by atoms with Crippen molar-refractivity contribution in [3.8, 4) is 0 Å². The van der Waals surface area contributed by atoms with E-state index in [2.05, 4.69) is 10.2 Å². The van der Waals surface area contributed by atoms with E-state index in [-0.39, 0.29) is 0 Å². The molecule has 0 unspecified atom stereocenters. The lowest BCUT2D eigenvalue weighted by atomic mass is 9.95. The van der Waals surface area contributed by atoms with Crippen LogP contribution in [0.2, 0.25) is 0 Å². The second-order valence-electron chi connectivity index (χ2n) is 5.47. The van der Waals surface area contributed by atoms with Crippen molar-refractivity contribution in [1.29, 1.82) is 0 Å². The third-order valence-corrected chi connectivity index (χ3v) is 4.13. The van der Waals surface area contributed by atoms with Gasteiger partial charge in [-0.05, 0) is 12.8 Å². The molecular weight excluding hydrogens is 212 g/mol. The summed E-state index contributed by atoms with van der Waals surface area (Å²) >= 11 is 0. The fourth-order valence-corrected chi connectivity index (χ4v) is 3.02. The number of carbonyl (C=O) groups is 1. The quantitative estimate of drug-likeness (QED) is 0.759. The minimum atomic E-state index is 0.325. The third kappa shape index (κ3) is 3.98. The highest BCUT2D eigenvalue weighted by Crippen LogP contribution is 2.23. The van der Waals surface area contributed by atoms with Gasteiger partial charge in [0.1, 0.15) is 0 Å². The number of piperazine rings is 1. The smallest absolute Gasteiger partial charge is 0.225 e. The SMILES string of the molecule is O=C(C1CCCCCCCC1)N1CCNCC1. The number of carbonyl (C=O) groups excluding carboxylic acids is 1. The van der Waals surface area contributed by atoms with Gasteiger partial charge in [-0.15, -0.1) is 0 Å². The lowest BCUT2D eigenvalue weighted by Crippen LogP contribution is -2.48. The summed E-state index contributed by atoms with van der Waals surface area (Å²) in [5.41, 5.74) is 0. The Labute approximate surface area is 105 Å². The van der Waals surface area contributed by atoms with Crippen LogP contribution in [0.3, 0.4) is 0 Å². The molecule has 1 aliphatic heterocycles. The summed E-state index contributed by atoms with van der Waals surface area (Å²) in [4.78, 5) is 14.5. The zero-order valence-corrected chi connectivity index (χ0v) is 10.9. The molecule has 0 spiro atoms. The molecule has 0 atom stereocenters. The van der Waals surface area contributed by atoms with Gasteiger partial charge in [0.15, 0.2) is 0 Å². The molecule has 0 bridgehead atoms. The van der Waals surface area contributed by atoms with Gasteiger partial charge in [0.2, 0.25) is 5.91 Å². The predicted molar refractivity (Wildman–Crippen MR) is 69.9 cm³/mol. The first-order valence-electron chi connectivity index (χ1n) is 7.37. The fraction of sp³-hybridized carbons (Fsp3) is 0.929. The molecule has 1 heterocycles. The summed E-state index contributed by atoms with van der Waals surface area (Å²) in [5, 5.41) is 3.31. The fourth-order valence-electron chi connectivity index (χ4n) is 3.02. The summed E-state index contributed by atoms with van der Waals surface area (Å²) in [5.74, 6) is 0.764. The van der Waals surface area contributed by atoms with Gasteiger partial charge >= 0.3 is 0 Å². The number of hydrogen-bond donors (Lipinski definition) is 1. The van der Waals surface area contributed by atoms with E-state index in [9.17, 15) is 4.79 Å². The number of nitrogens with zero attached hydrogens (tertiary/aromatic N) is 1. The molecule has 0 aromatic heterocycles. The highest BCUT2D eigenvalue weighted by Gasteiger charge is 2.24. The molecule has 1 saturated carbocycles. The molecular formula is C14H26N2O. The van der Waals surface area contributed by atoms with Gasteiger partial charge in [-0.2, -0.15) is 0 Å². The summed E-state index contributed by atoms with van der Waals surface area (Å²) in [7, 11) is 0. The zero-order chi connectivity index (χ0) is 11.9. The van der Waals surface area contributed by atoms with Gasteiger partial charge < -0.3 is 10.2 Å². The molecule has 1 saturated heterocycles. The van der Waals surface area contributed by atoms with Crippen LogP contribution in [-0.2, 0) is 4.79 Å². The van der Waals surface area contributed by atoms with Crippen LogP contribution >= 0.6 is 0 Å². The van der Waals surface area contributed by atoms with E-state index in [0.717, 1.165) is 39.0 Å². The Kier molecular flexibility index (Phi) is 5.30. The van der Waals surface area contributed by atoms with Gasteiger partial charge in [0.05, 0.1) is 0 Å². The van der Waals surface area contributed by atoms with E-state index in [1.807, 2.05) is 0 Å². The molecule has 2 fully saturated rings. The molecule has 1 aliphatic carbocycles. The standard InChI is InChI=1S/C14H26N2O/c17-14(16-11-9-15-10-12-16)13-7-5-3-1-2-4-6-8-13/h13,15H,1-12H2. The van der Waals surface area contributed by atoms with Crippen LogP contribution in [-0.4, -0.2) is 37.0 Å². The van der Waals surface area contributed by atoms with E-state index in [1.165, 1.54) is 38.5 Å². The molecule has 1 amide bonds. The monoisotopic (exact) mass is 238 g/mol. The van der Waals surface area contributed by atoms with Crippen molar-refractivity contribution < 1.29 is 4.79 Å². The third-order valence-electron chi connectivity index (χ3n) is 4.13. The van der Waals surface area contributed by atoms with Crippen LogP contribution in [0.4, 0.5) is 0 Å². The first-order chi connectivity index (χ1) is 8.38. The Morgan fingerprint density at radius 2 is 1.41 bits per heavy atom. The summed E-state index contributed by atoms with van der Waals surface area (Å²) in [6.07, 6.45) is 10.1. The summed E-state index contributed by atoms with van der Waals surface area (Å²) in [6, 6.07) is 0. The second-order valence-corrected chi connectivity index (χ2v) is 5.47. The molecule has 3 heteroatoms. The lowest BCUT2D eigenvalue weighted by molar-refractivity contribution is -0.136. The number of nitrogens with one attached hydrogen (secondary N) is 1.